The second-order valence-corrected chi connectivity index (χ2v) is 3.13. The monoisotopic (exact) mass is 167 g/mol. The van der Waals surface area contributed by atoms with Crippen LogP contribution in [0.3, 0.4) is 0 Å². The van der Waals surface area contributed by atoms with Crippen molar-refractivity contribution in [1.82, 2.24) is 15.5 Å². The fraction of sp³-hybridized carbons (Fsp3) is 0.750. The van der Waals surface area contributed by atoms with Gasteiger partial charge >= 0.3 is 0 Å². The zero-order chi connectivity index (χ0) is 8.23. The van der Waals surface area contributed by atoms with E-state index in [-0.39, 0.29) is 6.04 Å². The first kappa shape index (κ1) is 7.73. The summed E-state index contributed by atoms with van der Waals surface area (Å²) >= 11 is 0. The summed E-state index contributed by atoms with van der Waals surface area (Å²) in [6.07, 6.45) is 6.31. The Kier molecular flexibility index (Phi) is 2.36. The van der Waals surface area contributed by atoms with Crippen LogP contribution in [0.2, 0.25) is 0 Å². The Morgan fingerprint density at radius 1 is 1.42 bits per heavy atom. The molecule has 1 atom stereocenters. The lowest BCUT2D eigenvalue weighted by molar-refractivity contribution is 0.394. The highest BCUT2D eigenvalue weighted by molar-refractivity contribution is 4.87. The molecule has 1 unspecified atom stereocenters. The summed E-state index contributed by atoms with van der Waals surface area (Å²) in [7, 11) is 0. The van der Waals surface area contributed by atoms with Crippen molar-refractivity contribution < 1.29 is 4.42 Å². The maximum absolute atomic E-state index is 5.14. The molecule has 12 heavy (non-hydrogen) atoms. The molecule has 0 aromatic carbocycles. The molecule has 0 amide bonds. The van der Waals surface area contributed by atoms with Crippen molar-refractivity contribution in [3.8, 4) is 0 Å². The lowest BCUT2D eigenvalue weighted by Gasteiger charge is -2.09. The lowest BCUT2D eigenvalue weighted by atomic mass is 10.1. The van der Waals surface area contributed by atoms with Crippen LogP contribution >= 0.6 is 0 Å². The van der Waals surface area contributed by atoms with Crippen LogP contribution in [0.4, 0.5) is 0 Å². The van der Waals surface area contributed by atoms with Crippen molar-refractivity contribution in [1.29, 1.82) is 0 Å². The Labute approximate surface area is 71.4 Å². The molecule has 4 nitrogen and oxygen atoms in total. The summed E-state index contributed by atoms with van der Waals surface area (Å²) in [5.41, 5.74) is 0. The molecule has 0 aliphatic carbocycles. The van der Waals surface area contributed by atoms with Gasteiger partial charge in [-0.1, -0.05) is 12.8 Å². The fourth-order valence-corrected chi connectivity index (χ4v) is 1.57. The normalized spacial score (nSPS) is 25.2. The van der Waals surface area contributed by atoms with E-state index in [2.05, 4.69) is 15.5 Å². The van der Waals surface area contributed by atoms with Gasteiger partial charge in [0.2, 0.25) is 12.3 Å². The van der Waals surface area contributed by atoms with E-state index in [9.17, 15) is 0 Å². The summed E-state index contributed by atoms with van der Waals surface area (Å²) in [5, 5.41) is 11.0. The minimum absolute atomic E-state index is 0.287. The third-order valence-corrected chi connectivity index (χ3v) is 2.24. The van der Waals surface area contributed by atoms with Gasteiger partial charge in [-0.15, -0.1) is 10.2 Å². The zero-order valence-corrected chi connectivity index (χ0v) is 6.99. The molecule has 2 heterocycles. The van der Waals surface area contributed by atoms with Crippen LogP contribution in [0.1, 0.15) is 37.6 Å². The molecule has 4 heteroatoms. The van der Waals surface area contributed by atoms with Gasteiger partial charge < -0.3 is 9.73 Å². The topological polar surface area (TPSA) is 51.0 Å². The van der Waals surface area contributed by atoms with Crippen LogP contribution in [0.25, 0.3) is 0 Å². The Bertz CT molecular complexity index is 214. The molecule has 1 aromatic heterocycles. The van der Waals surface area contributed by atoms with Gasteiger partial charge in [0.25, 0.3) is 0 Å². The molecule has 1 fully saturated rings. The summed E-state index contributed by atoms with van der Waals surface area (Å²) in [4.78, 5) is 0. The molecule has 1 aromatic rings. The minimum Gasteiger partial charge on any atom is -0.426 e. The van der Waals surface area contributed by atoms with E-state index < -0.39 is 0 Å². The average molecular weight is 167 g/mol. The molecular formula is C8H13N3O. The molecule has 2 rings (SSSR count). The molecule has 0 saturated carbocycles. The van der Waals surface area contributed by atoms with Gasteiger partial charge in [-0.25, -0.2) is 0 Å². The Hall–Kier alpha value is -0.900. The quantitative estimate of drug-likeness (QED) is 0.684. The number of hydrogen-bond donors (Lipinski definition) is 1. The van der Waals surface area contributed by atoms with Crippen molar-refractivity contribution in [2.24, 2.45) is 0 Å². The molecule has 1 aliphatic rings. The van der Waals surface area contributed by atoms with E-state index in [0.717, 1.165) is 18.9 Å². The van der Waals surface area contributed by atoms with E-state index in [4.69, 9.17) is 4.42 Å². The Balaban J connectivity index is 2.02. The van der Waals surface area contributed by atoms with Gasteiger partial charge in [-0.05, 0) is 19.4 Å². The standard InChI is InChI=1S/C8H13N3O/c1-2-4-7(9-5-3-1)8-11-10-6-12-8/h6-7,9H,1-5H2. The van der Waals surface area contributed by atoms with Gasteiger partial charge in [0.1, 0.15) is 0 Å². The first-order chi connectivity index (χ1) is 5.97. The molecule has 1 N–H and O–H groups in total. The van der Waals surface area contributed by atoms with Crippen LogP contribution in [0.5, 0.6) is 0 Å². The second kappa shape index (κ2) is 3.67. The lowest BCUT2D eigenvalue weighted by Crippen LogP contribution is -2.20. The van der Waals surface area contributed by atoms with Crippen LogP contribution in [0, 0.1) is 0 Å². The van der Waals surface area contributed by atoms with Gasteiger partial charge in [0.05, 0.1) is 6.04 Å². The van der Waals surface area contributed by atoms with E-state index in [1.807, 2.05) is 0 Å². The highest BCUT2D eigenvalue weighted by atomic mass is 16.4. The number of aromatic nitrogens is 2. The van der Waals surface area contributed by atoms with Crippen molar-refractivity contribution in [2.75, 3.05) is 6.54 Å². The molecule has 0 radical (unpaired) electrons. The zero-order valence-electron chi connectivity index (χ0n) is 6.99. The fourth-order valence-electron chi connectivity index (χ4n) is 1.57. The number of hydrogen-bond acceptors (Lipinski definition) is 4. The van der Waals surface area contributed by atoms with Crippen molar-refractivity contribution >= 4 is 0 Å². The summed E-state index contributed by atoms with van der Waals surface area (Å²) in [6, 6.07) is 0.287. The van der Waals surface area contributed by atoms with Crippen LogP contribution in [-0.2, 0) is 0 Å². The molecule has 1 saturated heterocycles. The highest BCUT2D eigenvalue weighted by Crippen LogP contribution is 2.20. The third kappa shape index (κ3) is 1.64. The highest BCUT2D eigenvalue weighted by Gasteiger charge is 2.17. The molecule has 0 bridgehead atoms. The van der Waals surface area contributed by atoms with Crippen LogP contribution < -0.4 is 5.32 Å². The maximum Gasteiger partial charge on any atom is 0.233 e. The smallest absolute Gasteiger partial charge is 0.233 e. The number of nitrogens with zero attached hydrogens (tertiary/aromatic N) is 2. The molecular weight excluding hydrogens is 154 g/mol. The molecule has 0 spiro atoms. The first-order valence-electron chi connectivity index (χ1n) is 4.46. The Morgan fingerprint density at radius 3 is 3.25 bits per heavy atom. The predicted molar refractivity (Wildman–Crippen MR) is 43.5 cm³/mol. The maximum atomic E-state index is 5.14. The number of nitrogens with one attached hydrogen (secondary N) is 1. The number of rotatable bonds is 1. The van der Waals surface area contributed by atoms with E-state index in [1.165, 1.54) is 25.7 Å². The summed E-state index contributed by atoms with van der Waals surface area (Å²) in [5.74, 6) is 0.733. The van der Waals surface area contributed by atoms with Crippen molar-refractivity contribution in [3.63, 3.8) is 0 Å². The largest absolute Gasteiger partial charge is 0.426 e. The molecule has 1 aliphatic heterocycles. The van der Waals surface area contributed by atoms with Crippen LogP contribution in [0.15, 0.2) is 10.8 Å². The Morgan fingerprint density at radius 2 is 2.42 bits per heavy atom. The van der Waals surface area contributed by atoms with E-state index >= 15 is 0 Å². The summed E-state index contributed by atoms with van der Waals surface area (Å²) < 4.78 is 5.14. The van der Waals surface area contributed by atoms with E-state index in [1.54, 1.807) is 0 Å². The van der Waals surface area contributed by atoms with Gasteiger partial charge in [-0.2, -0.15) is 0 Å². The summed E-state index contributed by atoms with van der Waals surface area (Å²) in [6.45, 7) is 1.06. The minimum atomic E-state index is 0.287. The van der Waals surface area contributed by atoms with E-state index in [0.29, 0.717) is 0 Å². The van der Waals surface area contributed by atoms with Crippen molar-refractivity contribution in [2.45, 2.75) is 31.7 Å². The first-order valence-corrected chi connectivity index (χ1v) is 4.46. The van der Waals surface area contributed by atoms with Crippen LogP contribution in [-0.4, -0.2) is 16.7 Å². The second-order valence-electron chi connectivity index (χ2n) is 3.13. The third-order valence-electron chi connectivity index (χ3n) is 2.24. The molecule has 66 valence electrons. The SMILES string of the molecule is c1nnc(C2CCCCCN2)o1. The predicted octanol–water partition coefficient (Wildman–Crippen LogP) is 1.27. The van der Waals surface area contributed by atoms with Gasteiger partial charge in [0, 0.05) is 0 Å². The average Bonchev–Trinajstić information content (AvgIpc) is 2.48. The van der Waals surface area contributed by atoms with Gasteiger partial charge in [-0.3, -0.25) is 0 Å². The van der Waals surface area contributed by atoms with Gasteiger partial charge in [0.15, 0.2) is 0 Å². The van der Waals surface area contributed by atoms with Crippen molar-refractivity contribution in [3.05, 3.63) is 12.3 Å².